The van der Waals surface area contributed by atoms with E-state index in [4.69, 9.17) is 14.6 Å². The molecule has 0 unspecified atom stereocenters. The number of allylic oxidation sites excluding steroid dienone is 6. The number of hydrogen-bond donors (Lipinski definition) is 2. The van der Waals surface area contributed by atoms with Crippen LogP contribution in [0, 0.1) is 5.41 Å². The van der Waals surface area contributed by atoms with Crippen LogP contribution in [0.15, 0.2) is 58.8 Å². The van der Waals surface area contributed by atoms with Crippen LogP contribution in [0.1, 0.15) is 59.3 Å². The average molecular weight is 531 g/mol. The van der Waals surface area contributed by atoms with Gasteiger partial charge in [-0.1, -0.05) is 51.7 Å². The van der Waals surface area contributed by atoms with Crippen molar-refractivity contribution < 1.29 is 24.2 Å². The number of aliphatic hydroxyl groups excluding tert-OH is 1. The van der Waals surface area contributed by atoms with E-state index < -0.39 is 0 Å². The average Bonchev–Trinajstić information content (AvgIpc) is 2.85. The maximum atomic E-state index is 12.5. The molecule has 204 valence electrons. The molecule has 37 heavy (non-hydrogen) atoms. The van der Waals surface area contributed by atoms with Crippen LogP contribution in [0.3, 0.4) is 0 Å². The highest BCUT2D eigenvalue weighted by Gasteiger charge is 2.41. The molecule has 0 aromatic rings. The van der Waals surface area contributed by atoms with E-state index in [2.05, 4.69) is 50.9 Å². The molecule has 0 radical (unpaired) electrons. The molecule has 3 aliphatic rings. The second-order valence-electron chi connectivity index (χ2n) is 11.0. The fourth-order valence-corrected chi connectivity index (χ4v) is 5.52. The molecule has 2 aliphatic heterocycles. The molecule has 3 rings (SSSR count). The molecule has 1 fully saturated rings. The number of nitrogens with one attached hydrogen (secondary N) is 1. The van der Waals surface area contributed by atoms with Gasteiger partial charge in [0, 0.05) is 44.6 Å². The number of amides is 2. The van der Waals surface area contributed by atoms with Gasteiger partial charge in [0.1, 0.15) is 11.4 Å². The van der Waals surface area contributed by atoms with E-state index in [-0.39, 0.29) is 36.2 Å². The van der Waals surface area contributed by atoms with Crippen molar-refractivity contribution in [3.05, 3.63) is 58.8 Å². The highest BCUT2D eigenvalue weighted by molar-refractivity contribution is 8.04. The zero-order valence-corrected chi connectivity index (χ0v) is 23.3. The van der Waals surface area contributed by atoms with Crippen molar-refractivity contribution in [3.63, 3.8) is 0 Å². The Balaban J connectivity index is 1.54. The second-order valence-corrected chi connectivity index (χ2v) is 12.1. The Morgan fingerprint density at radius 3 is 2.70 bits per heavy atom. The fourth-order valence-electron chi connectivity index (χ4n) is 4.58. The molecular formula is C29H42N2O5S. The number of piperidine rings is 1. The van der Waals surface area contributed by atoms with E-state index in [1.807, 2.05) is 4.90 Å². The third-order valence-corrected chi connectivity index (χ3v) is 7.82. The Bertz CT molecular complexity index is 965. The minimum atomic E-state index is -0.220. The van der Waals surface area contributed by atoms with E-state index >= 15 is 0 Å². The Morgan fingerprint density at radius 1 is 1.27 bits per heavy atom. The highest BCUT2D eigenvalue weighted by Crippen LogP contribution is 2.42. The Morgan fingerprint density at radius 2 is 2.03 bits per heavy atom. The quantitative estimate of drug-likeness (QED) is 0.329. The van der Waals surface area contributed by atoms with Gasteiger partial charge in [0.25, 0.3) is 5.91 Å². The molecule has 2 heterocycles. The number of carbonyl (C=O) groups is 2. The summed E-state index contributed by atoms with van der Waals surface area (Å²) in [6, 6.07) is 0. The van der Waals surface area contributed by atoms with E-state index in [0.717, 1.165) is 44.3 Å². The maximum absolute atomic E-state index is 12.5. The van der Waals surface area contributed by atoms with Crippen LogP contribution in [0.25, 0.3) is 0 Å². The Labute approximate surface area is 225 Å². The molecule has 0 bridgehead atoms. The van der Waals surface area contributed by atoms with Gasteiger partial charge in [0.15, 0.2) is 0 Å². The molecule has 0 aromatic heterocycles. The lowest BCUT2D eigenvalue weighted by atomic mass is 9.82. The first kappa shape index (κ1) is 29.1. The summed E-state index contributed by atoms with van der Waals surface area (Å²) in [4.78, 5) is 27.2. The van der Waals surface area contributed by atoms with Gasteiger partial charge in [-0.2, -0.15) is 0 Å². The lowest BCUT2D eigenvalue weighted by molar-refractivity contribution is -0.116. The van der Waals surface area contributed by atoms with E-state index in [1.54, 1.807) is 12.2 Å². The lowest BCUT2D eigenvalue weighted by Gasteiger charge is -2.45. The van der Waals surface area contributed by atoms with Gasteiger partial charge in [-0.05, 0) is 41.9 Å². The number of rotatable bonds is 8. The molecule has 2 N–H and O–H groups in total. The van der Waals surface area contributed by atoms with Crippen LogP contribution in [0.4, 0.5) is 4.79 Å². The zero-order valence-electron chi connectivity index (χ0n) is 22.5. The molecule has 1 spiro atoms. The van der Waals surface area contributed by atoms with Crippen molar-refractivity contribution in [1.82, 2.24) is 10.2 Å². The molecule has 2 amide bonds. The molecular weight excluding hydrogens is 488 g/mol. The predicted molar refractivity (Wildman–Crippen MR) is 149 cm³/mol. The summed E-state index contributed by atoms with van der Waals surface area (Å²) in [5, 5.41) is 11.7. The number of thioether (sulfide) groups is 1. The van der Waals surface area contributed by atoms with Crippen molar-refractivity contribution in [2.24, 2.45) is 5.41 Å². The number of aliphatic hydroxyl groups is 1. The number of nitrogens with zero attached hydrogens (tertiary/aromatic N) is 1. The van der Waals surface area contributed by atoms with Crippen molar-refractivity contribution in [2.45, 2.75) is 64.9 Å². The fraction of sp³-hybridized carbons (Fsp3) is 0.586. The number of carbonyl (C=O) groups excluding carboxylic acids is 2. The zero-order chi connectivity index (χ0) is 26.9. The van der Waals surface area contributed by atoms with Crippen molar-refractivity contribution in [1.29, 1.82) is 0 Å². The molecule has 0 aromatic carbocycles. The predicted octanol–water partition coefficient (Wildman–Crippen LogP) is 5.26. The summed E-state index contributed by atoms with van der Waals surface area (Å²) in [7, 11) is 0. The Hall–Kier alpha value is -2.45. The van der Waals surface area contributed by atoms with Crippen LogP contribution >= 0.6 is 11.8 Å². The van der Waals surface area contributed by atoms with Gasteiger partial charge in [0.05, 0.1) is 18.1 Å². The SMILES string of the molecule is C=C/C=C(\SC/C1=C/CC2=C(CC=C1)OC1(CC2)CCN(C(=O)OCC(C)(C)C)CC1)C(=O)NCCO. The third kappa shape index (κ3) is 8.82. The smallest absolute Gasteiger partial charge is 0.409 e. The summed E-state index contributed by atoms with van der Waals surface area (Å²) in [5.74, 6) is 1.56. The first-order valence-corrected chi connectivity index (χ1v) is 14.1. The summed E-state index contributed by atoms with van der Waals surface area (Å²) in [6.07, 6.45) is 14.8. The largest absolute Gasteiger partial charge is 0.491 e. The second kappa shape index (κ2) is 13.4. The first-order valence-electron chi connectivity index (χ1n) is 13.2. The summed E-state index contributed by atoms with van der Waals surface area (Å²) in [5.41, 5.74) is 2.28. The number of hydrogen-bond acceptors (Lipinski definition) is 6. The molecule has 0 atom stereocenters. The summed E-state index contributed by atoms with van der Waals surface area (Å²) < 4.78 is 12.2. The first-order chi connectivity index (χ1) is 17.6. The standard InChI is InChI=1S/C29H42N2O5S/c1-5-7-25(26(33)30-16-19-32)37-20-22-8-6-9-24-23(11-10-22)12-13-29(36-24)14-17-31(18-15-29)27(34)35-21-28(2,3)4/h5-8,10,32H,1,9,11-21H2,2-4H3,(H,30,33)/b8-6?,22-10+,25-7-. The van der Waals surface area contributed by atoms with Crippen LogP contribution < -0.4 is 5.32 Å². The van der Waals surface area contributed by atoms with Crippen molar-refractivity contribution >= 4 is 23.8 Å². The van der Waals surface area contributed by atoms with E-state index in [0.29, 0.717) is 30.4 Å². The van der Waals surface area contributed by atoms with Gasteiger partial charge < -0.3 is 24.8 Å². The van der Waals surface area contributed by atoms with Gasteiger partial charge in [0.2, 0.25) is 0 Å². The Kier molecular flexibility index (Phi) is 10.5. The molecule has 8 heteroatoms. The topological polar surface area (TPSA) is 88.1 Å². The number of ether oxygens (including phenoxy) is 2. The van der Waals surface area contributed by atoms with Crippen LogP contribution in [-0.4, -0.2) is 66.2 Å². The minimum Gasteiger partial charge on any atom is -0.491 e. The van der Waals surface area contributed by atoms with Crippen LogP contribution in [0.2, 0.25) is 0 Å². The van der Waals surface area contributed by atoms with Gasteiger partial charge in [-0.25, -0.2) is 4.79 Å². The molecule has 7 nitrogen and oxygen atoms in total. The van der Waals surface area contributed by atoms with Gasteiger partial charge >= 0.3 is 6.09 Å². The van der Waals surface area contributed by atoms with E-state index in [9.17, 15) is 9.59 Å². The van der Waals surface area contributed by atoms with Gasteiger partial charge in [-0.15, -0.1) is 11.8 Å². The van der Waals surface area contributed by atoms with Crippen LogP contribution in [0.5, 0.6) is 0 Å². The monoisotopic (exact) mass is 530 g/mol. The number of likely N-dealkylation sites (tertiary alicyclic amines) is 1. The molecule has 1 aliphatic carbocycles. The molecule has 1 saturated heterocycles. The van der Waals surface area contributed by atoms with E-state index in [1.165, 1.54) is 22.9 Å². The third-order valence-electron chi connectivity index (χ3n) is 6.71. The normalized spacial score (nSPS) is 21.2. The van der Waals surface area contributed by atoms with Crippen molar-refractivity contribution in [3.8, 4) is 0 Å². The molecule has 0 saturated carbocycles. The maximum Gasteiger partial charge on any atom is 0.409 e. The minimum absolute atomic E-state index is 0.0414. The van der Waals surface area contributed by atoms with Gasteiger partial charge in [-0.3, -0.25) is 4.79 Å². The summed E-state index contributed by atoms with van der Waals surface area (Å²) in [6.45, 7) is 11.8. The van der Waals surface area contributed by atoms with Crippen LogP contribution in [-0.2, 0) is 14.3 Å². The summed E-state index contributed by atoms with van der Waals surface area (Å²) >= 11 is 1.47. The highest BCUT2D eigenvalue weighted by atomic mass is 32.2. The van der Waals surface area contributed by atoms with Crippen molar-refractivity contribution in [2.75, 3.05) is 38.6 Å². The lowest BCUT2D eigenvalue weighted by Crippen LogP contribution is -2.49.